The molecule has 1 saturated carbocycles. The van der Waals surface area contributed by atoms with Crippen LogP contribution in [0.1, 0.15) is 38.2 Å². The lowest BCUT2D eigenvalue weighted by molar-refractivity contribution is -0.0660. The topological polar surface area (TPSA) is 35.2 Å². The third kappa shape index (κ3) is 3.15. The maximum atomic E-state index is 13.7. The molecule has 1 aliphatic carbocycles. The number of halogens is 1. The van der Waals surface area contributed by atoms with Crippen LogP contribution in [-0.2, 0) is 11.2 Å². The Labute approximate surface area is 115 Å². The molecule has 0 amide bonds. The molecular weight excluding hydrogens is 241 g/mol. The van der Waals surface area contributed by atoms with Gasteiger partial charge in [0.15, 0.2) is 0 Å². The minimum Gasteiger partial charge on any atom is -0.377 e. The molecule has 2 nitrogen and oxygen atoms in total. The first-order valence-electron chi connectivity index (χ1n) is 7.11. The van der Waals surface area contributed by atoms with Gasteiger partial charge in [-0.1, -0.05) is 25.1 Å². The molecule has 1 aromatic rings. The lowest BCUT2D eigenvalue weighted by atomic mass is 9.74. The summed E-state index contributed by atoms with van der Waals surface area (Å²) >= 11 is 0. The first-order valence-corrected chi connectivity index (χ1v) is 7.11. The van der Waals surface area contributed by atoms with E-state index in [-0.39, 0.29) is 17.5 Å². The van der Waals surface area contributed by atoms with Crippen molar-refractivity contribution < 1.29 is 9.13 Å². The van der Waals surface area contributed by atoms with Gasteiger partial charge in [0.1, 0.15) is 5.82 Å². The maximum Gasteiger partial charge on any atom is 0.126 e. The normalized spacial score (nSPS) is 29.2. The van der Waals surface area contributed by atoms with E-state index in [2.05, 4.69) is 6.92 Å². The van der Waals surface area contributed by atoms with E-state index in [0.717, 1.165) is 31.6 Å². The molecule has 0 radical (unpaired) electrons. The third-order valence-corrected chi connectivity index (χ3v) is 4.60. The van der Waals surface area contributed by atoms with Crippen LogP contribution in [0, 0.1) is 11.7 Å². The second kappa shape index (κ2) is 6.02. The van der Waals surface area contributed by atoms with E-state index in [9.17, 15) is 4.39 Å². The fraction of sp³-hybridized carbons (Fsp3) is 0.625. The number of hydrogen-bond donors (Lipinski definition) is 1. The molecule has 1 atom stereocenters. The molecule has 3 heteroatoms. The molecule has 0 saturated heterocycles. The van der Waals surface area contributed by atoms with Crippen LogP contribution in [0.25, 0.3) is 0 Å². The van der Waals surface area contributed by atoms with Gasteiger partial charge in [0.2, 0.25) is 0 Å². The summed E-state index contributed by atoms with van der Waals surface area (Å²) in [6, 6.07) is 6.71. The quantitative estimate of drug-likeness (QED) is 0.906. The van der Waals surface area contributed by atoms with Crippen LogP contribution in [0.2, 0.25) is 0 Å². The minimum atomic E-state index is -0.283. The predicted molar refractivity (Wildman–Crippen MR) is 75.5 cm³/mol. The summed E-state index contributed by atoms with van der Waals surface area (Å²) in [6.07, 6.45) is 4.76. The highest BCUT2D eigenvalue weighted by molar-refractivity contribution is 5.19. The highest BCUT2D eigenvalue weighted by Crippen LogP contribution is 2.37. The Morgan fingerprint density at radius 1 is 1.37 bits per heavy atom. The van der Waals surface area contributed by atoms with Crippen molar-refractivity contribution in [3.63, 3.8) is 0 Å². The van der Waals surface area contributed by atoms with Crippen molar-refractivity contribution in [2.45, 2.75) is 50.7 Å². The Morgan fingerprint density at radius 2 is 2.00 bits per heavy atom. The van der Waals surface area contributed by atoms with E-state index < -0.39 is 0 Å². The van der Waals surface area contributed by atoms with Gasteiger partial charge in [-0.3, -0.25) is 0 Å². The van der Waals surface area contributed by atoms with Crippen molar-refractivity contribution in [2.75, 3.05) is 7.11 Å². The van der Waals surface area contributed by atoms with Gasteiger partial charge in [0, 0.05) is 13.2 Å². The summed E-state index contributed by atoms with van der Waals surface area (Å²) in [7, 11) is 1.73. The average molecular weight is 265 g/mol. The van der Waals surface area contributed by atoms with Gasteiger partial charge in [-0.2, -0.15) is 0 Å². The molecule has 2 rings (SSSR count). The Kier molecular flexibility index (Phi) is 4.58. The molecule has 2 N–H and O–H groups in total. The lowest BCUT2D eigenvalue weighted by Crippen LogP contribution is -2.52. The van der Waals surface area contributed by atoms with Crippen molar-refractivity contribution >= 4 is 0 Å². The van der Waals surface area contributed by atoms with Gasteiger partial charge in [-0.05, 0) is 49.7 Å². The Balaban J connectivity index is 2.09. The van der Waals surface area contributed by atoms with E-state index in [4.69, 9.17) is 10.5 Å². The summed E-state index contributed by atoms with van der Waals surface area (Å²) in [5.74, 6) is 0.567. The highest BCUT2D eigenvalue weighted by atomic mass is 19.1. The van der Waals surface area contributed by atoms with Crippen LogP contribution in [0.5, 0.6) is 0 Å². The molecule has 0 aliphatic heterocycles. The zero-order chi connectivity index (χ0) is 13.9. The number of nitrogens with two attached hydrogens (primary N) is 1. The van der Waals surface area contributed by atoms with E-state index in [1.165, 1.54) is 6.07 Å². The lowest BCUT2D eigenvalue weighted by Gasteiger charge is -2.42. The van der Waals surface area contributed by atoms with Gasteiger partial charge in [-0.25, -0.2) is 4.39 Å². The standard InChI is InChI=1S/C16H24FNO/c1-12-7-9-16(19-2,10-8-12)15(18)11-13-5-3-4-6-14(13)17/h3-6,12,15H,7-11,18H2,1-2H3. The Morgan fingerprint density at radius 3 is 2.58 bits per heavy atom. The maximum absolute atomic E-state index is 13.7. The van der Waals surface area contributed by atoms with Crippen molar-refractivity contribution in [3.05, 3.63) is 35.6 Å². The molecule has 0 spiro atoms. The highest BCUT2D eigenvalue weighted by Gasteiger charge is 2.39. The summed E-state index contributed by atoms with van der Waals surface area (Å²) < 4.78 is 19.5. The van der Waals surface area contributed by atoms with Crippen molar-refractivity contribution in [1.29, 1.82) is 0 Å². The molecule has 1 aliphatic rings. The van der Waals surface area contributed by atoms with Crippen molar-refractivity contribution in [3.8, 4) is 0 Å². The fourth-order valence-electron chi connectivity index (χ4n) is 3.06. The summed E-state index contributed by atoms with van der Waals surface area (Å²) in [5.41, 5.74) is 6.75. The van der Waals surface area contributed by atoms with Crippen molar-refractivity contribution in [2.24, 2.45) is 11.7 Å². The van der Waals surface area contributed by atoms with Crippen LogP contribution in [0.3, 0.4) is 0 Å². The van der Waals surface area contributed by atoms with E-state index >= 15 is 0 Å². The molecular formula is C16H24FNO. The smallest absolute Gasteiger partial charge is 0.126 e. The molecule has 1 unspecified atom stereocenters. The van der Waals surface area contributed by atoms with Crippen LogP contribution in [-0.4, -0.2) is 18.8 Å². The summed E-state index contributed by atoms with van der Waals surface area (Å²) in [6.45, 7) is 2.27. The van der Waals surface area contributed by atoms with Crippen LogP contribution in [0.4, 0.5) is 4.39 Å². The van der Waals surface area contributed by atoms with Gasteiger partial charge < -0.3 is 10.5 Å². The van der Waals surface area contributed by atoms with Crippen molar-refractivity contribution in [1.82, 2.24) is 0 Å². The zero-order valence-corrected chi connectivity index (χ0v) is 11.9. The largest absolute Gasteiger partial charge is 0.377 e. The fourth-order valence-corrected chi connectivity index (χ4v) is 3.06. The molecule has 0 aromatic heterocycles. The van der Waals surface area contributed by atoms with Crippen LogP contribution >= 0.6 is 0 Å². The third-order valence-electron chi connectivity index (χ3n) is 4.60. The van der Waals surface area contributed by atoms with Gasteiger partial charge in [0.25, 0.3) is 0 Å². The van der Waals surface area contributed by atoms with Gasteiger partial charge >= 0.3 is 0 Å². The monoisotopic (exact) mass is 265 g/mol. The molecule has 1 aromatic carbocycles. The first kappa shape index (κ1) is 14.5. The minimum absolute atomic E-state index is 0.151. The summed E-state index contributed by atoms with van der Waals surface area (Å²) in [4.78, 5) is 0. The Hall–Kier alpha value is -0.930. The van der Waals surface area contributed by atoms with E-state index in [1.54, 1.807) is 13.2 Å². The van der Waals surface area contributed by atoms with Crippen LogP contribution < -0.4 is 5.73 Å². The number of rotatable bonds is 4. The number of hydrogen-bond acceptors (Lipinski definition) is 2. The number of methoxy groups -OCH3 is 1. The number of benzene rings is 1. The SMILES string of the molecule is COC1(C(N)Cc2ccccc2F)CCC(C)CC1. The molecule has 1 fully saturated rings. The second-order valence-electron chi connectivity index (χ2n) is 5.85. The second-order valence-corrected chi connectivity index (χ2v) is 5.85. The Bertz CT molecular complexity index is 413. The van der Waals surface area contributed by atoms with E-state index in [1.807, 2.05) is 12.1 Å². The molecule has 19 heavy (non-hydrogen) atoms. The van der Waals surface area contributed by atoms with E-state index in [0.29, 0.717) is 12.0 Å². The summed E-state index contributed by atoms with van der Waals surface area (Å²) in [5, 5.41) is 0. The average Bonchev–Trinajstić information content (AvgIpc) is 2.42. The molecule has 0 heterocycles. The number of ether oxygens (including phenoxy) is 1. The predicted octanol–water partition coefficient (Wildman–Crippen LogP) is 3.29. The first-order chi connectivity index (χ1) is 9.07. The van der Waals surface area contributed by atoms with Gasteiger partial charge in [0.05, 0.1) is 5.60 Å². The van der Waals surface area contributed by atoms with Crippen LogP contribution in [0.15, 0.2) is 24.3 Å². The van der Waals surface area contributed by atoms with Gasteiger partial charge in [-0.15, -0.1) is 0 Å². The zero-order valence-electron chi connectivity index (χ0n) is 11.9. The molecule has 106 valence electrons. The molecule has 0 bridgehead atoms.